The van der Waals surface area contributed by atoms with Crippen LogP contribution in [0.5, 0.6) is 0 Å². The van der Waals surface area contributed by atoms with Crippen molar-refractivity contribution in [2.45, 2.75) is 39.5 Å². The van der Waals surface area contributed by atoms with E-state index in [2.05, 4.69) is 10.3 Å². The van der Waals surface area contributed by atoms with Gasteiger partial charge in [0.2, 0.25) is 0 Å². The van der Waals surface area contributed by atoms with Gasteiger partial charge in [-0.1, -0.05) is 45.0 Å². The van der Waals surface area contributed by atoms with Crippen molar-refractivity contribution in [2.24, 2.45) is 10.4 Å². The number of hydrogen-bond acceptors (Lipinski definition) is 4. The molecule has 0 radical (unpaired) electrons. The lowest BCUT2D eigenvalue weighted by molar-refractivity contribution is -0.139. The summed E-state index contributed by atoms with van der Waals surface area (Å²) in [6.07, 6.45) is -0.447. The van der Waals surface area contributed by atoms with Gasteiger partial charge in [0.15, 0.2) is 6.23 Å². The molecule has 1 aromatic rings. The molecule has 5 heteroatoms. The maximum absolute atomic E-state index is 11.4. The van der Waals surface area contributed by atoms with Gasteiger partial charge in [-0.05, 0) is 11.8 Å². The van der Waals surface area contributed by atoms with Gasteiger partial charge in [0.1, 0.15) is 11.9 Å². The molecule has 1 aliphatic rings. The Hall–Kier alpha value is -1.88. The van der Waals surface area contributed by atoms with Gasteiger partial charge in [-0.15, -0.1) is 0 Å². The monoisotopic (exact) mass is 276 g/mol. The van der Waals surface area contributed by atoms with Gasteiger partial charge in [0.25, 0.3) is 0 Å². The first-order valence-corrected chi connectivity index (χ1v) is 6.62. The minimum atomic E-state index is -0.919. The molecule has 0 aliphatic carbocycles. The van der Waals surface area contributed by atoms with Gasteiger partial charge in [-0.25, -0.2) is 9.79 Å². The van der Waals surface area contributed by atoms with Crippen molar-refractivity contribution in [2.75, 3.05) is 0 Å². The Morgan fingerprint density at radius 2 is 2.05 bits per heavy atom. The molecule has 0 saturated carbocycles. The number of nitrogens with zero attached hydrogens (tertiary/aromatic N) is 1. The minimum Gasteiger partial charge on any atom is -0.480 e. The van der Waals surface area contributed by atoms with Crippen LogP contribution < -0.4 is 5.32 Å². The van der Waals surface area contributed by atoms with Crippen LogP contribution in [-0.4, -0.2) is 28.1 Å². The van der Waals surface area contributed by atoms with Crippen LogP contribution in [0, 0.1) is 5.41 Å². The van der Waals surface area contributed by atoms with E-state index in [1.54, 1.807) is 6.07 Å². The number of carboxylic acids is 1. The van der Waals surface area contributed by atoms with Gasteiger partial charge >= 0.3 is 5.97 Å². The molecule has 2 rings (SSSR count). The van der Waals surface area contributed by atoms with E-state index in [9.17, 15) is 15.0 Å². The number of fused-ring (bicyclic) bond motifs is 1. The normalized spacial score (nSPS) is 19.2. The van der Waals surface area contributed by atoms with E-state index in [0.717, 1.165) is 5.56 Å². The lowest BCUT2D eigenvalue weighted by atomic mass is 9.88. The molecule has 1 aliphatic heterocycles. The van der Waals surface area contributed by atoms with Crippen LogP contribution in [0.2, 0.25) is 0 Å². The van der Waals surface area contributed by atoms with Gasteiger partial charge in [-0.3, -0.25) is 0 Å². The first-order valence-electron chi connectivity index (χ1n) is 6.62. The highest BCUT2D eigenvalue weighted by atomic mass is 16.4. The Morgan fingerprint density at radius 3 is 2.65 bits per heavy atom. The Morgan fingerprint density at radius 1 is 1.40 bits per heavy atom. The SMILES string of the molecule is CC(C)(C)CC(NC1=NC(O)c2ccccc21)C(=O)O. The molecule has 3 N–H and O–H groups in total. The van der Waals surface area contributed by atoms with Crippen molar-refractivity contribution < 1.29 is 15.0 Å². The summed E-state index contributed by atoms with van der Waals surface area (Å²) < 4.78 is 0. The Balaban J connectivity index is 2.21. The standard InChI is InChI=1S/C15H20N2O3/c1-15(2,3)8-11(14(19)20)16-12-9-6-4-5-7-10(9)13(18)17-12/h4-7,11,13,18H,8H2,1-3H3,(H,16,17)(H,19,20). The first-order chi connectivity index (χ1) is 9.28. The molecule has 5 nitrogen and oxygen atoms in total. The van der Waals surface area contributed by atoms with Crippen LogP contribution in [0.25, 0.3) is 0 Å². The highest BCUT2D eigenvalue weighted by molar-refractivity contribution is 6.03. The number of carboxylic acid groups (broad SMARTS) is 1. The Kier molecular flexibility index (Phi) is 3.81. The summed E-state index contributed by atoms with van der Waals surface area (Å²) in [6.45, 7) is 5.97. The number of amidine groups is 1. The minimum absolute atomic E-state index is 0.118. The zero-order valence-corrected chi connectivity index (χ0v) is 11.9. The van der Waals surface area contributed by atoms with Crippen molar-refractivity contribution in [3.05, 3.63) is 35.4 Å². The highest BCUT2D eigenvalue weighted by Gasteiger charge is 2.29. The second kappa shape index (κ2) is 5.25. The summed E-state index contributed by atoms with van der Waals surface area (Å²) >= 11 is 0. The second-order valence-corrected chi connectivity index (χ2v) is 6.24. The molecular formula is C15H20N2O3. The molecule has 0 bridgehead atoms. The summed E-state index contributed by atoms with van der Waals surface area (Å²) in [5, 5.41) is 22.1. The molecule has 1 aromatic carbocycles. The second-order valence-electron chi connectivity index (χ2n) is 6.24. The fourth-order valence-electron chi connectivity index (χ4n) is 2.29. The highest BCUT2D eigenvalue weighted by Crippen LogP contribution is 2.27. The van der Waals surface area contributed by atoms with Crippen LogP contribution >= 0.6 is 0 Å². The van der Waals surface area contributed by atoms with Crippen LogP contribution in [0.3, 0.4) is 0 Å². The number of hydrogen-bond donors (Lipinski definition) is 3. The van der Waals surface area contributed by atoms with Crippen LogP contribution in [0.1, 0.15) is 44.5 Å². The topological polar surface area (TPSA) is 81.9 Å². The molecule has 0 fully saturated rings. The number of benzene rings is 1. The molecule has 0 amide bonds. The van der Waals surface area contributed by atoms with E-state index < -0.39 is 18.2 Å². The number of carbonyl (C=O) groups is 1. The van der Waals surface area contributed by atoms with Crippen molar-refractivity contribution in [1.29, 1.82) is 0 Å². The Labute approximate surface area is 118 Å². The zero-order valence-electron chi connectivity index (χ0n) is 11.9. The van der Waals surface area contributed by atoms with E-state index in [0.29, 0.717) is 17.8 Å². The average molecular weight is 276 g/mol. The van der Waals surface area contributed by atoms with E-state index in [-0.39, 0.29) is 5.41 Å². The number of rotatable bonds is 3. The molecule has 2 atom stereocenters. The third-order valence-electron chi connectivity index (χ3n) is 3.17. The summed E-state index contributed by atoms with van der Waals surface area (Å²) in [7, 11) is 0. The smallest absolute Gasteiger partial charge is 0.326 e. The molecule has 0 saturated heterocycles. The predicted molar refractivity (Wildman–Crippen MR) is 76.6 cm³/mol. The van der Waals surface area contributed by atoms with Crippen molar-refractivity contribution in [1.82, 2.24) is 5.32 Å². The molecule has 0 spiro atoms. The average Bonchev–Trinajstić information content (AvgIpc) is 2.65. The summed E-state index contributed by atoms with van der Waals surface area (Å²) in [5.41, 5.74) is 1.35. The number of aliphatic imine (C=N–C) groups is 1. The number of aliphatic carboxylic acids is 1. The van der Waals surface area contributed by atoms with Gasteiger partial charge in [0, 0.05) is 11.1 Å². The summed E-state index contributed by atoms with van der Waals surface area (Å²) in [4.78, 5) is 15.5. The third-order valence-corrected chi connectivity index (χ3v) is 3.17. The van der Waals surface area contributed by atoms with E-state index >= 15 is 0 Å². The van der Waals surface area contributed by atoms with Crippen LogP contribution in [0.4, 0.5) is 0 Å². The molecular weight excluding hydrogens is 256 g/mol. The van der Waals surface area contributed by atoms with Crippen molar-refractivity contribution in [3.63, 3.8) is 0 Å². The van der Waals surface area contributed by atoms with E-state index in [4.69, 9.17) is 0 Å². The fraction of sp³-hybridized carbons (Fsp3) is 0.467. The lowest BCUT2D eigenvalue weighted by Crippen LogP contribution is -2.43. The number of aliphatic hydroxyl groups is 1. The van der Waals surface area contributed by atoms with Gasteiger partial charge < -0.3 is 15.5 Å². The molecule has 20 heavy (non-hydrogen) atoms. The van der Waals surface area contributed by atoms with Gasteiger partial charge in [0.05, 0.1) is 0 Å². The summed E-state index contributed by atoms with van der Waals surface area (Å²) in [6, 6.07) is 6.55. The predicted octanol–water partition coefficient (Wildman–Crippen LogP) is 1.92. The van der Waals surface area contributed by atoms with Crippen LogP contribution in [-0.2, 0) is 4.79 Å². The van der Waals surface area contributed by atoms with Crippen LogP contribution in [0.15, 0.2) is 29.3 Å². The van der Waals surface area contributed by atoms with E-state index in [1.807, 2.05) is 39.0 Å². The maximum atomic E-state index is 11.4. The zero-order chi connectivity index (χ0) is 14.9. The first kappa shape index (κ1) is 14.5. The third kappa shape index (κ3) is 3.17. The fourth-order valence-corrected chi connectivity index (χ4v) is 2.29. The van der Waals surface area contributed by atoms with Crippen molar-refractivity contribution >= 4 is 11.8 Å². The molecule has 0 aromatic heterocycles. The lowest BCUT2D eigenvalue weighted by Gasteiger charge is -2.24. The van der Waals surface area contributed by atoms with E-state index in [1.165, 1.54) is 0 Å². The maximum Gasteiger partial charge on any atom is 0.326 e. The largest absolute Gasteiger partial charge is 0.480 e. The quantitative estimate of drug-likeness (QED) is 0.787. The Bertz CT molecular complexity index is 546. The molecule has 108 valence electrons. The van der Waals surface area contributed by atoms with Crippen molar-refractivity contribution in [3.8, 4) is 0 Å². The number of nitrogens with one attached hydrogen (secondary N) is 1. The molecule has 1 heterocycles. The van der Waals surface area contributed by atoms with Gasteiger partial charge in [-0.2, -0.15) is 0 Å². The summed E-state index contributed by atoms with van der Waals surface area (Å²) in [5.74, 6) is -0.466. The molecule has 2 unspecified atom stereocenters. The number of aliphatic hydroxyl groups excluding tert-OH is 1.